The third kappa shape index (κ3) is 2.28. The molecule has 0 aliphatic rings. The van der Waals surface area contributed by atoms with E-state index in [4.69, 9.17) is 5.26 Å². The van der Waals surface area contributed by atoms with E-state index in [1.807, 2.05) is 6.07 Å². The number of hydrogen-bond donors (Lipinski definition) is 0. The van der Waals surface area contributed by atoms with Crippen LogP contribution in [0.3, 0.4) is 0 Å². The monoisotopic (exact) mass is 324 g/mol. The summed E-state index contributed by atoms with van der Waals surface area (Å²) in [6.45, 7) is 0. The Morgan fingerprint density at radius 1 is 1.57 bits per heavy atom. The molecule has 1 rings (SSSR count). The molecule has 1 aromatic heterocycles. The number of nitrogens with zero attached hydrogens (tertiary/aromatic N) is 2. The second-order valence-corrected chi connectivity index (χ2v) is 3.81. The van der Waals surface area contributed by atoms with Crippen LogP contribution < -0.4 is 0 Å². The topological polar surface area (TPSA) is 36.7 Å². The third-order valence-electron chi connectivity index (χ3n) is 1.54. The molecular weight excluding hydrogens is 322 g/mol. The van der Waals surface area contributed by atoms with Crippen LogP contribution in [0, 0.1) is 11.3 Å². The van der Waals surface area contributed by atoms with Crippen molar-refractivity contribution in [2.24, 2.45) is 0 Å². The smallest absolute Gasteiger partial charge is 0.248 e. The second-order valence-electron chi connectivity index (χ2n) is 2.40. The van der Waals surface area contributed by atoms with E-state index in [1.165, 1.54) is 6.07 Å². The minimum Gasteiger partial charge on any atom is -0.248 e. The maximum absolute atomic E-state index is 12.4. The number of alkyl halides is 3. The van der Waals surface area contributed by atoms with Gasteiger partial charge < -0.3 is 0 Å². The molecule has 14 heavy (non-hydrogen) atoms. The highest BCUT2D eigenvalue weighted by atomic mass is 79.9. The summed E-state index contributed by atoms with van der Waals surface area (Å²) in [5.74, 6) is 0. The molecule has 1 heterocycles. The summed E-state index contributed by atoms with van der Waals surface area (Å²) in [6, 6.07) is 3.24. The number of halogens is 4. The van der Waals surface area contributed by atoms with Crippen LogP contribution in [0.5, 0.6) is 0 Å². The SMILES string of the molecule is N#Cc1cc(Br)c(C(F)F)nc1CBr. The Bertz CT molecular complexity index is 387. The first kappa shape index (κ1) is 11.5. The number of hydrogen-bond acceptors (Lipinski definition) is 2. The number of pyridine rings is 1. The van der Waals surface area contributed by atoms with E-state index in [1.54, 1.807) is 0 Å². The van der Waals surface area contributed by atoms with Gasteiger partial charge in [0.05, 0.1) is 11.3 Å². The Labute approximate surface area is 96.2 Å². The van der Waals surface area contributed by atoms with Crippen molar-refractivity contribution in [2.45, 2.75) is 11.8 Å². The molecule has 0 atom stereocenters. The highest BCUT2D eigenvalue weighted by molar-refractivity contribution is 9.10. The maximum atomic E-state index is 12.4. The van der Waals surface area contributed by atoms with Gasteiger partial charge in [-0.3, -0.25) is 0 Å². The standard InChI is InChI=1S/C8H4Br2F2N2/c9-2-6-4(3-13)1-5(10)7(14-6)8(11)12/h1,8H,2H2. The fraction of sp³-hybridized carbons (Fsp3) is 0.250. The minimum absolute atomic E-state index is 0.161. The Balaban J connectivity index is 3.32. The van der Waals surface area contributed by atoms with Gasteiger partial charge in [0.1, 0.15) is 11.8 Å². The Hall–Kier alpha value is -0.540. The molecule has 0 radical (unpaired) electrons. The van der Waals surface area contributed by atoms with Crippen LogP contribution in [-0.4, -0.2) is 4.98 Å². The lowest BCUT2D eigenvalue weighted by Gasteiger charge is -2.05. The van der Waals surface area contributed by atoms with Crippen molar-refractivity contribution in [1.29, 1.82) is 5.26 Å². The molecule has 0 aliphatic carbocycles. The molecular formula is C8H4Br2F2N2. The molecule has 0 saturated carbocycles. The van der Waals surface area contributed by atoms with Gasteiger partial charge >= 0.3 is 0 Å². The lowest BCUT2D eigenvalue weighted by Crippen LogP contribution is -1.99. The molecule has 0 N–H and O–H groups in total. The molecule has 74 valence electrons. The fourth-order valence-electron chi connectivity index (χ4n) is 0.895. The zero-order chi connectivity index (χ0) is 10.7. The van der Waals surface area contributed by atoms with Gasteiger partial charge in [-0.1, -0.05) is 15.9 Å². The van der Waals surface area contributed by atoms with Crippen LogP contribution in [0.25, 0.3) is 0 Å². The predicted molar refractivity (Wildman–Crippen MR) is 54.2 cm³/mol. The van der Waals surface area contributed by atoms with Gasteiger partial charge in [-0.25, -0.2) is 13.8 Å². The molecule has 0 bridgehead atoms. The average Bonchev–Trinajstić information content (AvgIpc) is 2.16. The Kier molecular flexibility index (Phi) is 3.96. The number of rotatable bonds is 2. The zero-order valence-electron chi connectivity index (χ0n) is 6.77. The fourth-order valence-corrected chi connectivity index (χ4v) is 1.81. The predicted octanol–water partition coefficient (Wildman–Crippen LogP) is 3.55. The summed E-state index contributed by atoms with van der Waals surface area (Å²) in [6.07, 6.45) is -2.64. The summed E-state index contributed by atoms with van der Waals surface area (Å²) in [7, 11) is 0. The van der Waals surface area contributed by atoms with Crippen LogP contribution in [0.15, 0.2) is 10.5 Å². The minimum atomic E-state index is -2.64. The van der Waals surface area contributed by atoms with Crippen LogP contribution in [0.4, 0.5) is 8.78 Å². The van der Waals surface area contributed by atoms with Crippen LogP contribution >= 0.6 is 31.9 Å². The first-order chi connectivity index (χ1) is 6.60. The zero-order valence-corrected chi connectivity index (χ0v) is 9.94. The van der Waals surface area contributed by atoms with E-state index in [0.717, 1.165) is 0 Å². The van der Waals surface area contributed by atoms with Crippen molar-refractivity contribution < 1.29 is 8.78 Å². The van der Waals surface area contributed by atoms with Crippen molar-refractivity contribution in [3.05, 3.63) is 27.5 Å². The molecule has 0 unspecified atom stereocenters. The third-order valence-corrected chi connectivity index (χ3v) is 2.70. The lowest BCUT2D eigenvalue weighted by atomic mass is 10.2. The molecule has 0 fully saturated rings. The van der Waals surface area contributed by atoms with Crippen molar-refractivity contribution in [2.75, 3.05) is 0 Å². The van der Waals surface area contributed by atoms with E-state index < -0.39 is 6.43 Å². The van der Waals surface area contributed by atoms with Gasteiger partial charge in [0.2, 0.25) is 0 Å². The van der Waals surface area contributed by atoms with Gasteiger partial charge in [-0.2, -0.15) is 5.26 Å². The van der Waals surface area contributed by atoms with Gasteiger partial charge in [0, 0.05) is 9.80 Å². The Morgan fingerprint density at radius 3 is 2.64 bits per heavy atom. The molecule has 1 aromatic rings. The van der Waals surface area contributed by atoms with Gasteiger partial charge in [0.15, 0.2) is 0 Å². The van der Waals surface area contributed by atoms with Crippen molar-refractivity contribution in [3.63, 3.8) is 0 Å². The molecule has 0 aromatic carbocycles. The average molecular weight is 326 g/mol. The Morgan fingerprint density at radius 2 is 2.21 bits per heavy atom. The summed E-state index contributed by atoms with van der Waals surface area (Å²) >= 11 is 6.03. The first-order valence-electron chi connectivity index (χ1n) is 3.53. The van der Waals surface area contributed by atoms with E-state index in [2.05, 4.69) is 36.8 Å². The summed E-state index contributed by atoms with van der Waals surface area (Å²) in [5, 5.41) is 8.96. The summed E-state index contributed by atoms with van der Waals surface area (Å²) < 4.78 is 24.9. The van der Waals surface area contributed by atoms with Crippen LogP contribution in [0.2, 0.25) is 0 Å². The molecule has 0 aliphatic heterocycles. The normalized spacial score (nSPS) is 10.3. The van der Waals surface area contributed by atoms with Crippen molar-refractivity contribution >= 4 is 31.9 Å². The van der Waals surface area contributed by atoms with Crippen LogP contribution in [-0.2, 0) is 5.33 Å². The van der Waals surface area contributed by atoms with E-state index in [0.29, 0.717) is 5.69 Å². The largest absolute Gasteiger partial charge is 0.281 e. The number of aromatic nitrogens is 1. The van der Waals surface area contributed by atoms with Crippen LogP contribution in [0.1, 0.15) is 23.4 Å². The molecule has 0 amide bonds. The van der Waals surface area contributed by atoms with E-state index >= 15 is 0 Å². The van der Waals surface area contributed by atoms with Crippen molar-refractivity contribution in [3.8, 4) is 6.07 Å². The van der Waals surface area contributed by atoms with Crippen molar-refractivity contribution in [1.82, 2.24) is 4.98 Å². The number of nitriles is 1. The first-order valence-corrected chi connectivity index (χ1v) is 5.45. The second kappa shape index (κ2) is 4.80. The molecule has 0 spiro atoms. The summed E-state index contributed by atoms with van der Waals surface area (Å²) in [4.78, 5) is 3.69. The van der Waals surface area contributed by atoms with E-state index in [-0.39, 0.29) is 21.1 Å². The molecule has 2 nitrogen and oxygen atoms in total. The quantitative estimate of drug-likeness (QED) is 0.780. The highest BCUT2D eigenvalue weighted by Crippen LogP contribution is 2.27. The van der Waals surface area contributed by atoms with Gasteiger partial charge in [-0.05, 0) is 22.0 Å². The molecule has 6 heteroatoms. The van der Waals surface area contributed by atoms with Gasteiger partial charge in [0.25, 0.3) is 6.43 Å². The lowest BCUT2D eigenvalue weighted by molar-refractivity contribution is 0.145. The maximum Gasteiger partial charge on any atom is 0.281 e. The summed E-state index contributed by atoms with van der Waals surface area (Å²) in [5.41, 5.74) is 0.280. The van der Waals surface area contributed by atoms with Gasteiger partial charge in [-0.15, -0.1) is 0 Å². The van der Waals surface area contributed by atoms with E-state index in [9.17, 15) is 8.78 Å². The highest BCUT2D eigenvalue weighted by Gasteiger charge is 2.16. The molecule has 0 saturated heterocycles.